The van der Waals surface area contributed by atoms with E-state index >= 15 is 0 Å². The van der Waals surface area contributed by atoms with E-state index in [2.05, 4.69) is 10.4 Å². The van der Waals surface area contributed by atoms with E-state index in [-0.39, 0.29) is 11.1 Å². The van der Waals surface area contributed by atoms with Gasteiger partial charge in [-0.2, -0.15) is 0 Å². The lowest BCUT2D eigenvalue weighted by atomic mass is 9.97. The summed E-state index contributed by atoms with van der Waals surface area (Å²) in [5.41, 5.74) is 5.13. The van der Waals surface area contributed by atoms with Crippen LogP contribution in [0.25, 0.3) is 10.9 Å². The number of pyridine rings is 1. The van der Waals surface area contributed by atoms with E-state index in [1.165, 1.54) is 12.1 Å². The summed E-state index contributed by atoms with van der Waals surface area (Å²) in [4.78, 5) is 4.40. The topological polar surface area (TPSA) is 50.9 Å². The number of hydrogen-bond donors (Lipinski definition) is 2. The van der Waals surface area contributed by atoms with Crippen molar-refractivity contribution in [3.05, 3.63) is 76.7 Å². The Morgan fingerprint density at radius 2 is 1.95 bits per heavy atom. The molecule has 1 aromatic heterocycles. The molecule has 1 unspecified atom stereocenters. The molecule has 0 amide bonds. The first-order valence-corrected chi connectivity index (χ1v) is 6.83. The van der Waals surface area contributed by atoms with Crippen LogP contribution in [0.15, 0.2) is 54.7 Å². The van der Waals surface area contributed by atoms with Crippen LogP contribution in [0.5, 0.6) is 0 Å². The molecule has 0 bridgehead atoms. The fraction of sp³-hybridized carbons (Fsp3) is 0.0625. The van der Waals surface area contributed by atoms with E-state index in [0.717, 1.165) is 16.5 Å². The van der Waals surface area contributed by atoms with Gasteiger partial charge in [-0.3, -0.25) is 10.8 Å². The van der Waals surface area contributed by atoms with Gasteiger partial charge in [0.25, 0.3) is 0 Å². The lowest BCUT2D eigenvalue weighted by Crippen LogP contribution is -2.29. The summed E-state index contributed by atoms with van der Waals surface area (Å²) in [7, 11) is 0. The molecule has 0 aliphatic heterocycles. The van der Waals surface area contributed by atoms with E-state index in [0.29, 0.717) is 5.56 Å². The van der Waals surface area contributed by atoms with Gasteiger partial charge in [-0.25, -0.2) is 9.82 Å². The molecule has 0 saturated heterocycles. The standard InChI is InChI=1S/C16H13ClFN3/c17-13-7-6-11(9-14(13)18)16(21-19)12-5-1-3-10-4-2-8-20-15(10)12/h1-9,16,21H,19H2. The van der Waals surface area contributed by atoms with Crippen LogP contribution in [-0.4, -0.2) is 4.98 Å². The minimum absolute atomic E-state index is 0.0885. The molecule has 0 spiro atoms. The number of fused-ring (bicyclic) bond motifs is 1. The number of aromatic nitrogens is 1. The van der Waals surface area contributed by atoms with Crippen molar-refractivity contribution in [3.63, 3.8) is 0 Å². The fourth-order valence-corrected chi connectivity index (χ4v) is 2.54. The second-order valence-corrected chi connectivity index (χ2v) is 5.10. The SMILES string of the molecule is NNC(c1ccc(Cl)c(F)c1)c1cccc2cccnc12. The van der Waals surface area contributed by atoms with Crippen LogP contribution in [0, 0.1) is 5.82 Å². The third-order valence-electron chi connectivity index (χ3n) is 3.42. The summed E-state index contributed by atoms with van der Waals surface area (Å²) in [6, 6.07) is 14.0. The molecule has 3 rings (SSSR count). The summed E-state index contributed by atoms with van der Waals surface area (Å²) < 4.78 is 13.7. The van der Waals surface area contributed by atoms with E-state index < -0.39 is 5.82 Å². The van der Waals surface area contributed by atoms with E-state index in [9.17, 15) is 4.39 Å². The number of hydrazine groups is 1. The maximum Gasteiger partial charge on any atom is 0.142 e. The number of para-hydroxylation sites is 1. The largest absolute Gasteiger partial charge is 0.271 e. The van der Waals surface area contributed by atoms with Crippen LogP contribution in [0.2, 0.25) is 5.02 Å². The summed E-state index contributed by atoms with van der Waals surface area (Å²) in [6.45, 7) is 0. The maximum absolute atomic E-state index is 13.7. The van der Waals surface area contributed by atoms with Gasteiger partial charge in [0.1, 0.15) is 5.82 Å². The first-order valence-electron chi connectivity index (χ1n) is 6.45. The van der Waals surface area contributed by atoms with Gasteiger partial charge in [0.05, 0.1) is 16.6 Å². The molecule has 3 N–H and O–H groups in total. The van der Waals surface area contributed by atoms with Crippen molar-refractivity contribution in [2.75, 3.05) is 0 Å². The van der Waals surface area contributed by atoms with Crippen LogP contribution in [-0.2, 0) is 0 Å². The average Bonchev–Trinajstić information content (AvgIpc) is 2.52. The van der Waals surface area contributed by atoms with Crippen LogP contribution in [0.4, 0.5) is 4.39 Å². The van der Waals surface area contributed by atoms with Crippen molar-refractivity contribution in [1.29, 1.82) is 0 Å². The summed E-state index contributed by atoms with van der Waals surface area (Å²) >= 11 is 5.73. The Labute approximate surface area is 126 Å². The molecule has 21 heavy (non-hydrogen) atoms. The highest BCUT2D eigenvalue weighted by atomic mass is 35.5. The molecule has 1 heterocycles. The van der Waals surface area contributed by atoms with Gasteiger partial charge in [0.2, 0.25) is 0 Å². The van der Waals surface area contributed by atoms with E-state index in [4.69, 9.17) is 17.4 Å². The van der Waals surface area contributed by atoms with Crippen molar-refractivity contribution in [3.8, 4) is 0 Å². The predicted molar refractivity (Wildman–Crippen MR) is 82.3 cm³/mol. The molecule has 0 saturated carbocycles. The highest BCUT2D eigenvalue weighted by Crippen LogP contribution is 2.29. The number of hydrogen-bond acceptors (Lipinski definition) is 3. The number of nitrogens with two attached hydrogens (primary N) is 1. The molecule has 106 valence electrons. The van der Waals surface area contributed by atoms with Gasteiger partial charge in [-0.15, -0.1) is 0 Å². The third-order valence-corrected chi connectivity index (χ3v) is 3.73. The van der Waals surface area contributed by atoms with Gasteiger partial charge in [0, 0.05) is 17.1 Å². The van der Waals surface area contributed by atoms with Gasteiger partial charge in [0.15, 0.2) is 0 Å². The monoisotopic (exact) mass is 301 g/mol. The molecule has 0 fully saturated rings. The Hall–Kier alpha value is -2.01. The van der Waals surface area contributed by atoms with Crippen molar-refractivity contribution in [2.45, 2.75) is 6.04 Å². The highest BCUT2D eigenvalue weighted by molar-refractivity contribution is 6.30. The number of nitrogens with one attached hydrogen (secondary N) is 1. The third kappa shape index (κ3) is 2.61. The zero-order valence-corrected chi connectivity index (χ0v) is 11.8. The molecule has 1 atom stereocenters. The second-order valence-electron chi connectivity index (χ2n) is 4.70. The second kappa shape index (κ2) is 5.77. The number of halogens is 2. The number of rotatable bonds is 3. The quantitative estimate of drug-likeness (QED) is 0.574. The molecular weight excluding hydrogens is 289 g/mol. The molecule has 5 heteroatoms. The van der Waals surface area contributed by atoms with Crippen LogP contribution < -0.4 is 11.3 Å². The van der Waals surface area contributed by atoms with Crippen molar-refractivity contribution < 1.29 is 4.39 Å². The Bertz CT molecular complexity index is 786. The van der Waals surface area contributed by atoms with Crippen molar-refractivity contribution >= 4 is 22.5 Å². The first kappa shape index (κ1) is 13.9. The van der Waals surface area contributed by atoms with Gasteiger partial charge in [-0.05, 0) is 23.8 Å². The van der Waals surface area contributed by atoms with Crippen LogP contribution >= 0.6 is 11.6 Å². The molecule has 0 aliphatic rings. The Morgan fingerprint density at radius 3 is 2.71 bits per heavy atom. The lowest BCUT2D eigenvalue weighted by Gasteiger charge is -2.18. The highest BCUT2D eigenvalue weighted by Gasteiger charge is 2.17. The van der Waals surface area contributed by atoms with Crippen molar-refractivity contribution in [2.24, 2.45) is 5.84 Å². The number of benzene rings is 2. The Morgan fingerprint density at radius 1 is 1.14 bits per heavy atom. The molecule has 3 nitrogen and oxygen atoms in total. The van der Waals surface area contributed by atoms with Crippen LogP contribution in [0.3, 0.4) is 0 Å². The molecular formula is C16H13ClFN3. The van der Waals surface area contributed by atoms with Crippen LogP contribution in [0.1, 0.15) is 17.2 Å². The zero-order valence-electron chi connectivity index (χ0n) is 11.1. The molecule has 3 aromatic rings. The van der Waals surface area contributed by atoms with E-state index in [1.54, 1.807) is 12.3 Å². The molecule has 2 aromatic carbocycles. The molecule has 0 radical (unpaired) electrons. The summed E-state index contributed by atoms with van der Waals surface area (Å²) in [6.07, 6.45) is 1.72. The van der Waals surface area contributed by atoms with Gasteiger partial charge >= 0.3 is 0 Å². The summed E-state index contributed by atoms with van der Waals surface area (Å²) in [5, 5.41) is 1.09. The summed E-state index contributed by atoms with van der Waals surface area (Å²) in [5.74, 6) is 5.21. The molecule has 0 aliphatic carbocycles. The minimum Gasteiger partial charge on any atom is -0.271 e. The van der Waals surface area contributed by atoms with E-state index in [1.807, 2.05) is 30.3 Å². The number of nitrogens with zero attached hydrogens (tertiary/aromatic N) is 1. The zero-order chi connectivity index (χ0) is 14.8. The normalized spacial score (nSPS) is 12.5. The fourth-order valence-electron chi connectivity index (χ4n) is 2.42. The maximum atomic E-state index is 13.7. The van der Waals surface area contributed by atoms with Crippen molar-refractivity contribution in [1.82, 2.24) is 10.4 Å². The van der Waals surface area contributed by atoms with Gasteiger partial charge < -0.3 is 0 Å². The average molecular weight is 302 g/mol. The Balaban J connectivity index is 2.16. The van der Waals surface area contributed by atoms with Gasteiger partial charge in [-0.1, -0.05) is 41.9 Å². The minimum atomic E-state index is -0.470. The predicted octanol–water partition coefficient (Wildman–Crippen LogP) is 3.58. The lowest BCUT2D eigenvalue weighted by molar-refractivity contribution is 0.607. The Kier molecular flexibility index (Phi) is 3.84. The smallest absolute Gasteiger partial charge is 0.142 e. The first-order chi connectivity index (χ1) is 10.2.